The van der Waals surface area contributed by atoms with Gasteiger partial charge in [0.2, 0.25) is 0 Å². The summed E-state index contributed by atoms with van der Waals surface area (Å²) >= 11 is 0. The summed E-state index contributed by atoms with van der Waals surface area (Å²) in [4.78, 5) is 11.0. The lowest BCUT2D eigenvalue weighted by Crippen LogP contribution is -1.97. The van der Waals surface area contributed by atoms with Gasteiger partial charge in [-0.2, -0.15) is 5.26 Å². The molecule has 2 aromatic rings. The summed E-state index contributed by atoms with van der Waals surface area (Å²) < 4.78 is 26.7. The van der Waals surface area contributed by atoms with Gasteiger partial charge < -0.3 is 0 Å². The summed E-state index contributed by atoms with van der Waals surface area (Å²) in [5.41, 5.74) is -0.668. The first kappa shape index (κ1) is 10.1. The molecule has 0 aliphatic carbocycles. The zero-order valence-corrected chi connectivity index (χ0v) is 7.85. The minimum absolute atomic E-state index is 0.0275. The monoisotopic (exact) mass is 218 g/mol. The van der Waals surface area contributed by atoms with Crippen molar-refractivity contribution in [2.24, 2.45) is 0 Å². The van der Waals surface area contributed by atoms with Gasteiger partial charge in [0.25, 0.3) is 0 Å². The summed E-state index contributed by atoms with van der Waals surface area (Å²) in [7, 11) is 0. The standard InChI is InChI=1S/C10H4F2N4/c11-8-2-1-6(9(12)7(8)3-13)10-15-4-14-5-16-10/h1-2,4-5H. The molecule has 0 aliphatic rings. The fourth-order valence-electron chi connectivity index (χ4n) is 1.21. The van der Waals surface area contributed by atoms with Crippen molar-refractivity contribution in [3.63, 3.8) is 0 Å². The van der Waals surface area contributed by atoms with E-state index in [4.69, 9.17) is 5.26 Å². The molecular weight excluding hydrogens is 214 g/mol. The molecule has 2 rings (SSSR count). The molecule has 1 aromatic carbocycles. The van der Waals surface area contributed by atoms with E-state index in [9.17, 15) is 8.78 Å². The van der Waals surface area contributed by atoms with Crippen LogP contribution in [-0.4, -0.2) is 15.0 Å². The molecule has 0 radical (unpaired) electrons. The van der Waals surface area contributed by atoms with Gasteiger partial charge in [-0.15, -0.1) is 0 Å². The molecule has 6 heteroatoms. The maximum atomic E-state index is 13.7. The maximum Gasteiger partial charge on any atom is 0.165 e. The molecule has 0 aliphatic heterocycles. The quantitative estimate of drug-likeness (QED) is 0.730. The third kappa shape index (κ3) is 1.59. The van der Waals surface area contributed by atoms with Gasteiger partial charge >= 0.3 is 0 Å². The van der Waals surface area contributed by atoms with Crippen LogP contribution in [0.25, 0.3) is 11.4 Å². The zero-order chi connectivity index (χ0) is 11.5. The van der Waals surface area contributed by atoms with Gasteiger partial charge in [-0.05, 0) is 12.1 Å². The summed E-state index contributed by atoms with van der Waals surface area (Å²) in [5, 5.41) is 8.59. The second-order valence-corrected chi connectivity index (χ2v) is 2.86. The number of halogens is 2. The number of nitrogens with zero attached hydrogens (tertiary/aromatic N) is 4. The van der Waals surface area contributed by atoms with Crippen LogP contribution in [0.2, 0.25) is 0 Å². The van der Waals surface area contributed by atoms with Crippen molar-refractivity contribution >= 4 is 0 Å². The fraction of sp³-hybridized carbons (Fsp3) is 0. The van der Waals surface area contributed by atoms with Crippen molar-refractivity contribution < 1.29 is 8.78 Å². The maximum absolute atomic E-state index is 13.7. The second-order valence-electron chi connectivity index (χ2n) is 2.86. The van der Waals surface area contributed by atoms with Crippen molar-refractivity contribution in [1.29, 1.82) is 5.26 Å². The summed E-state index contributed by atoms with van der Waals surface area (Å²) in [6.07, 6.45) is 2.38. The van der Waals surface area contributed by atoms with Gasteiger partial charge in [0.15, 0.2) is 11.6 Å². The number of hydrogen-bond acceptors (Lipinski definition) is 4. The molecule has 0 saturated carbocycles. The Hall–Kier alpha value is -2.42. The van der Waals surface area contributed by atoms with E-state index in [-0.39, 0.29) is 11.4 Å². The number of nitriles is 1. The average Bonchev–Trinajstić information content (AvgIpc) is 2.31. The molecule has 0 saturated heterocycles. The number of aromatic nitrogens is 3. The van der Waals surface area contributed by atoms with E-state index in [1.165, 1.54) is 24.8 Å². The normalized spacial score (nSPS) is 9.81. The predicted molar refractivity (Wildman–Crippen MR) is 49.9 cm³/mol. The Balaban J connectivity index is 2.65. The van der Waals surface area contributed by atoms with Crippen molar-refractivity contribution in [1.82, 2.24) is 15.0 Å². The fourth-order valence-corrected chi connectivity index (χ4v) is 1.21. The highest BCUT2D eigenvalue weighted by Gasteiger charge is 2.15. The highest BCUT2D eigenvalue weighted by atomic mass is 19.1. The largest absolute Gasteiger partial charge is 0.225 e. The Morgan fingerprint density at radius 2 is 1.81 bits per heavy atom. The van der Waals surface area contributed by atoms with E-state index in [1.807, 2.05) is 0 Å². The molecule has 0 spiro atoms. The van der Waals surface area contributed by atoms with E-state index in [1.54, 1.807) is 0 Å². The Morgan fingerprint density at radius 3 is 2.44 bits per heavy atom. The number of hydrogen-bond donors (Lipinski definition) is 0. The van der Waals surface area contributed by atoms with Gasteiger partial charge in [-0.1, -0.05) is 0 Å². The molecule has 1 aromatic heterocycles. The molecule has 1 heterocycles. The van der Waals surface area contributed by atoms with Crippen LogP contribution < -0.4 is 0 Å². The molecule has 4 nitrogen and oxygen atoms in total. The third-order valence-electron chi connectivity index (χ3n) is 1.94. The summed E-state index contributed by atoms with van der Waals surface area (Å²) in [6.45, 7) is 0. The van der Waals surface area contributed by atoms with E-state index < -0.39 is 17.2 Å². The van der Waals surface area contributed by atoms with Crippen LogP contribution in [0.5, 0.6) is 0 Å². The van der Waals surface area contributed by atoms with Crippen LogP contribution in [-0.2, 0) is 0 Å². The first-order valence-electron chi connectivity index (χ1n) is 4.24. The van der Waals surface area contributed by atoms with Crippen LogP contribution in [0, 0.1) is 23.0 Å². The Labute approximate surface area is 89.2 Å². The Morgan fingerprint density at radius 1 is 1.12 bits per heavy atom. The van der Waals surface area contributed by atoms with E-state index in [2.05, 4.69) is 15.0 Å². The molecular formula is C10H4F2N4. The molecule has 0 unspecified atom stereocenters. The SMILES string of the molecule is N#Cc1c(F)ccc(-c2ncncn2)c1F. The minimum atomic E-state index is -0.964. The van der Waals surface area contributed by atoms with Crippen LogP contribution in [0.1, 0.15) is 5.56 Å². The summed E-state index contributed by atoms with van der Waals surface area (Å²) in [6, 6.07) is 3.63. The van der Waals surface area contributed by atoms with E-state index >= 15 is 0 Å². The van der Waals surface area contributed by atoms with Crippen molar-refractivity contribution in [3.05, 3.63) is 42.0 Å². The predicted octanol–water partition coefficient (Wildman–Crippen LogP) is 1.69. The van der Waals surface area contributed by atoms with Gasteiger partial charge in [0, 0.05) is 0 Å². The van der Waals surface area contributed by atoms with E-state index in [0.717, 1.165) is 6.07 Å². The minimum Gasteiger partial charge on any atom is -0.225 e. The van der Waals surface area contributed by atoms with E-state index in [0.29, 0.717) is 0 Å². The van der Waals surface area contributed by atoms with Crippen LogP contribution >= 0.6 is 0 Å². The highest BCUT2D eigenvalue weighted by Crippen LogP contribution is 2.22. The lowest BCUT2D eigenvalue weighted by Gasteiger charge is -2.02. The lowest BCUT2D eigenvalue weighted by atomic mass is 10.1. The molecule has 0 fully saturated rings. The molecule has 0 bridgehead atoms. The Bertz CT molecular complexity index is 563. The molecule has 0 amide bonds. The first-order chi connectivity index (χ1) is 7.74. The summed E-state index contributed by atoms with van der Waals surface area (Å²) in [5.74, 6) is -1.81. The smallest absolute Gasteiger partial charge is 0.165 e. The topological polar surface area (TPSA) is 62.5 Å². The second kappa shape index (κ2) is 3.98. The molecule has 16 heavy (non-hydrogen) atoms. The van der Waals surface area contributed by atoms with Crippen LogP contribution in [0.3, 0.4) is 0 Å². The highest BCUT2D eigenvalue weighted by molar-refractivity contribution is 5.58. The first-order valence-corrected chi connectivity index (χ1v) is 4.24. The molecule has 0 N–H and O–H groups in total. The zero-order valence-electron chi connectivity index (χ0n) is 7.85. The van der Waals surface area contributed by atoms with Crippen molar-refractivity contribution in [3.8, 4) is 17.5 Å². The molecule has 0 atom stereocenters. The van der Waals surface area contributed by atoms with Gasteiger partial charge in [-0.25, -0.2) is 23.7 Å². The van der Waals surface area contributed by atoms with Crippen LogP contribution in [0.15, 0.2) is 24.8 Å². The Kier molecular flexibility index (Phi) is 2.52. The molecule has 78 valence electrons. The van der Waals surface area contributed by atoms with Gasteiger partial charge in [0.05, 0.1) is 5.56 Å². The lowest BCUT2D eigenvalue weighted by molar-refractivity contribution is 0.578. The van der Waals surface area contributed by atoms with Crippen LogP contribution in [0.4, 0.5) is 8.78 Å². The van der Waals surface area contributed by atoms with Crippen molar-refractivity contribution in [2.45, 2.75) is 0 Å². The number of benzene rings is 1. The van der Waals surface area contributed by atoms with Gasteiger partial charge in [-0.3, -0.25) is 0 Å². The van der Waals surface area contributed by atoms with Crippen molar-refractivity contribution in [2.75, 3.05) is 0 Å². The number of rotatable bonds is 1. The average molecular weight is 218 g/mol. The van der Waals surface area contributed by atoms with Gasteiger partial charge in [0.1, 0.15) is 30.1 Å². The third-order valence-corrected chi connectivity index (χ3v) is 1.94.